The lowest BCUT2D eigenvalue weighted by Crippen LogP contribution is -2.02. The highest BCUT2D eigenvalue weighted by molar-refractivity contribution is 6.04. The molecule has 2 aliphatic rings. The fraction of sp³-hybridized carbons (Fsp3) is 0.400. The van der Waals surface area contributed by atoms with Crippen LogP contribution in [0, 0.1) is 0 Å². The summed E-state index contributed by atoms with van der Waals surface area (Å²) in [6, 6.07) is 0. The molecule has 0 aromatic heterocycles. The van der Waals surface area contributed by atoms with E-state index in [4.69, 9.17) is 0 Å². The molecule has 0 radical (unpaired) electrons. The molecule has 0 saturated heterocycles. The van der Waals surface area contributed by atoms with Crippen LogP contribution in [0.4, 0.5) is 0 Å². The Bertz CT molecular complexity index is 380. The van der Waals surface area contributed by atoms with E-state index in [1.54, 1.807) is 6.08 Å². The molecule has 2 rings (SSSR count). The van der Waals surface area contributed by atoms with Crippen LogP contribution in [0.2, 0.25) is 0 Å². The molecule has 0 amide bonds. The molecule has 0 aliphatic heterocycles. The first kappa shape index (κ1) is 11.1. The van der Waals surface area contributed by atoms with E-state index < -0.39 is 0 Å². The molecule has 16 heavy (non-hydrogen) atoms. The Labute approximate surface area is 97.2 Å². The fourth-order valence-corrected chi connectivity index (χ4v) is 2.10. The summed E-state index contributed by atoms with van der Waals surface area (Å²) in [6.45, 7) is 0. The summed E-state index contributed by atoms with van der Waals surface area (Å²) in [7, 11) is 0. The molecule has 0 saturated carbocycles. The SMILES string of the molecule is O=C(C=CC1=CCCC=C1)C1=CCCCC1. The summed E-state index contributed by atoms with van der Waals surface area (Å²) in [5, 5.41) is 0. The van der Waals surface area contributed by atoms with Crippen molar-refractivity contribution in [2.45, 2.75) is 38.5 Å². The number of allylic oxidation sites excluding steroid dienone is 8. The molecule has 84 valence electrons. The predicted octanol–water partition coefficient (Wildman–Crippen LogP) is 3.89. The molecule has 1 heteroatoms. The van der Waals surface area contributed by atoms with Gasteiger partial charge in [0.1, 0.15) is 0 Å². The topological polar surface area (TPSA) is 17.1 Å². The van der Waals surface area contributed by atoms with Gasteiger partial charge in [0.05, 0.1) is 0 Å². The molecule has 1 nitrogen and oxygen atoms in total. The molecule has 0 atom stereocenters. The van der Waals surface area contributed by atoms with Crippen LogP contribution in [0.1, 0.15) is 38.5 Å². The zero-order valence-electron chi connectivity index (χ0n) is 9.61. The molecule has 0 N–H and O–H groups in total. The van der Waals surface area contributed by atoms with Crippen molar-refractivity contribution in [2.75, 3.05) is 0 Å². The maximum absolute atomic E-state index is 11.8. The molecule has 0 unspecified atom stereocenters. The van der Waals surface area contributed by atoms with Crippen LogP contribution in [0.25, 0.3) is 0 Å². The molecular weight excluding hydrogens is 196 g/mol. The highest BCUT2D eigenvalue weighted by atomic mass is 16.1. The Kier molecular flexibility index (Phi) is 3.92. The minimum Gasteiger partial charge on any atom is -0.290 e. The van der Waals surface area contributed by atoms with E-state index in [0.29, 0.717) is 0 Å². The van der Waals surface area contributed by atoms with E-state index in [2.05, 4.69) is 24.3 Å². The number of carbonyl (C=O) groups is 1. The van der Waals surface area contributed by atoms with E-state index in [0.717, 1.165) is 43.3 Å². The Morgan fingerprint density at radius 2 is 2.06 bits per heavy atom. The zero-order chi connectivity index (χ0) is 11.2. The van der Waals surface area contributed by atoms with Crippen LogP contribution in [0.15, 0.2) is 47.6 Å². The van der Waals surface area contributed by atoms with Crippen molar-refractivity contribution in [3.63, 3.8) is 0 Å². The second kappa shape index (κ2) is 5.64. The van der Waals surface area contributed by atoms with Crippen LogP contribution < -0.4 is 0 Å². The van der Waals surface area contributed by atoms with Crippen LogP contribution in [0.3, 0.4) is 0 Å². The average Bonchev–Trinajstić information content (AvgIpc) is 2.38. The summed E-state index contributed by atoms with van der Waals surface area (Å²) < 4.78 is 0. The number of rotatable bonds is 3. The Morgan fingerprint density at radius 1 is 1.12 bits per heavy atom. The minimum absolute atomic E-state index is 0.194. The van der Waals surface area contributed by atoms with Crippen molar-refractivity contribution < 1.29 is 4.79 Å². The van der Waals surface area contributed by atoms with Gasteiger partial charge < -0.3 is 0 Å². The van der Waals surface area contributed by atoms with E-state index >= 15 is 0 Å². The first-order chi connectivity index (χ1) is 7.86. The van der Waals surface area contributed by atoms with Gasteiger partial charge in [-0.25, -0.2) is 0 Å². The van der Waals surface area contributed by atoms with Gasteiger partial charge in [0.15, 0.2) is 5.78 Å². The van der Waals surface area contributed by atoms with E-state index in [1.165, 1.54) is 6.42 Å². The van der Waals surface area contributed by atoms with Crippen molar-refractivity contribution in [2.24, 2.45) is 0 Å². The Hall–Kier alpha value is -1.37. The summed E-state index contributed by atoms with van der Waals surface area (Å²) in [4.78, 5) is 11.8. The molecule has 2 aliphatic carbocycles. The van der Waals surface area contributed by atoms with Gasteiger partial charge in [-0.3, -0.25) is 4.79 Å². The monoisotopic (exact) mass is 214 g/mol. The summed E-state index contributed by atoms with van der Waals surface area (Å²) in [6.07, 6.45) is 18.8. The van der Waals surface area contributed by atoms with Crippen molar-refractivity contribution in [1.29, 1.82) is 0 Å². The number of hydrogen-bond donors (Lipinski definition) is 0. The van der Waals surface area contributed by atoms with Crippen LogP contribution in [-0.2, 0) is 4.79 Å². The lowest BCUT2D eigenvalue weighted by atomic mass is 9.96. The molecule has 0 spiro atoms. The molecule has 0 fully saturated rings. The molecule has 0 bridgehead atoms. The quantitative estimate of drug-likeness (QED) is 0.651. The second-order valence-electron chi connectivity index (χ2n) is 4.36. The van der Waals surface area contributed by atoms with Gasteiger partial charge >= 0.3 is 0 Å². The third kappa shape index (κ3) is 3.06. The first-order valence-corrected chi connectivity index (χ1v) is 6.14. The van der Waals surface area contributed by atoms with Crippen molar-refractivity contribution >= 4 is 5.78 Å². The normalized spacial score (nSPS) is 20.8. The standard InChI is InChI=1S/C15H18O/c16-15(14-9-5-2-6-10-14)12-11-13-7-3-1-4-8-13/h3,7-9,11-12H,1-2,4-6,10H2. The van der Waals surface area contributed by atoms with Gasteiger partial charge in [0.2, 0.25) is 0 Å². The highest BCUT2D eigenvalue weighted by Crippen LogP contribution is 2.19. The minimum atomic E-state index is 0.194. The molecule has 0 aromatic rings. The van der Waals surface area contributed by atoms with Gasteiger partial charge in [0.25, 0.3) is 0 Å². The van der Waals surface area contributed by atoms with Crippen LogP contribution >= 0.6 is 0 Å². The van der Waals surface area contributed by atoms with Gasteiger partial charge in [0, 0.05) is 0 Å². The maximum Gasteiger partial charge on any atom is 0.181 e. The summed E-state index contributed by atoms with van der Waals surface area (Å²) >= 11 is 0. The molecular formula is C15H18O. The largest absolute Gasteiger partial charge is 0.290 e. The van der Waals surface area contributed by atoms with Gasteiger partial charge in [-0.05, 0) is 55.7 Å². The van der Waals surface area contributed by atoms with E-state index in [-0.39, 0.29) is 5.78 Å². The molecule has 0 aromatic carbocycles. The predicted molar refractivity (Wildman–Crippen MR) is 67.2 cm³/mol. The maximum atomic E-state index is 11.8. The third-order valence-electron chi connectivity index (χ3n) is 3.06. The highest BCUT2D eigenvalue weighted by Gasteiger charge is 2.09. The summed E-state index contributed by atoms with van der Waals surface area (Å²) in [5.74, 6) is 0.194. The number of hydrogen-bond acceptors (Lipinski definition) is 1. The Balaban J connectivity index is 1.96. The van der Waals surface area contributed by atoms with Gasteiger partial charge in [-0.1, -0.05) is 30.4 Å². The van der Waals surface area contributed by atoms with Gasteiger partial charge in [-0.2, -0.15) is 0 Å². The van der Waals surface area contributed by atoms with Crippen LogP contribution in [0.5, 0.6) is 0 Å². The van der Waals surface area contributed by atoms with Crippen LogP contribution in [-0.4, -0.2) is 5.78 Å². The van der Waals surface area contributed by atoms with Gasteiger partial charge in [-0.15, -0.1) is 0 Å². The fourth-order valence-electron chi connectivity index (χ4n) is 2.10. The lowest BCUT2D eigenvalue weighted by molar-refractivity contribution is -0.111. The second-order valence-corrected chi connectivity index (χ2v) is 4.36. The molecule has 0 heterocycles. The van der Waals surface area contributed by atoms with Crippen molar-refractivity contribution in [3.05, 3.63) is 47.6 Å². The average molecular weight is 214 g/mol. The number of ketones is 1. The van der Waals surface area contributed by atoms with E-state index in [1.807, 2.05) is 6.08 Å². The lowest BCUT2D eigenvalue weighted by Gasteiger charge is -2.09. The van der Waals surface area contributed by atoms with Crippen molar-refractivity contribution in [3.8, 4) is 0 Å². The third-order valence-corrected chi connectivity index (χ3v) is 3.06. The number of carbonyl (C=O) groups excluding carboxylic acids is 1. The Morgan fingerprint density at radius 3 is 2.75 bits per heavy atom. The summed E-state index contributed by atoms with van der Waals surface area (Å²) in [5.41, 5.74) is 2.17. The van der Waals surface area contributed by atoms with Crippen molar-refractivity contribution in [1.82, 2.24) is 0 Å². The smallest absolute Gasteiger partial charge is 0.181 e. The van der Waals surface area contributed by atoms with E-state index in [9.17, 15) is 4.79 Å². The first-order valence-electron chi connectivity index (χ1n) is 6.14. The zero-order valence-corrected chi connectivity index (χ0v) is 9.61.